The highest BCUT2D eigenvalue weighted by Crippen LogP contribution is 2.26. The van der Waals surface area contributed by atoms with E-state index in [1.54, 1.807) is 13.2 Å². The molecule has 0 bridgehead atoms. The molecule has 0 saturated heterocycles. The molecule has 1 heterocycles. The summed E-state index contributed by atoms with van der Waals surface area (Å²) in [5.74, 6) is -0.339. The van der Waals surface area contributed by atoms with Crippen molar-refractivity contribution in [3.8, 4) is 0 Å². The lowest BCUT2D eigenvalue weighted by Crippen LogP contribution is -2.28. The minimum absolute atomic E-state index is 0.0401. The van der Waals surface area contributed by atoms with E-state index in [4.69, 9.17) is 4.74 Å². The van der Waals surface area contributed by atoms with E-state index in [0.29, 0.717) is 36.8 Å². The van der Waals surface area contributed by atoms with Gasteiger partial charge in [0.15, 0.2) is 5.13 Å². The number of hydrogen-bond donors (Lipinski definition) is 2. The number of aromatic nitrogens is 1. The predicted molar refractivity (Wildman–Crippen MR) is 77.6 cm³/mol. The van der Waals surface area contributed by atoms with Crippen molar-refractivity contribution in [1.82, 2.24) is 10.3 Å². The van der Waals surface area contributed by atoms with E-state index >= 15 is 0 Å². The van der Waals surface area contributed by atoms with Crippen LogP contribution in [0.2, 0.25) is 0 Å². The number of nitrogens with one attached hydrogen (secondary N) is 2. The average Bonchev–Trinajstić information content (AvgIpc) is 2.81. The molecule has 2 aromatic rings. The van der Waals surface area contributed by atoms with Crippen LogP contribution in [0.4, 0.5) is 9.52 Å². The van der Waals surface area contributed by atoms with Gasteiger partial charge >= 0.3 is 0 Å². The second-order valence-electron chi connectivity index (χ2n) is 4.15. The number of rotatable bonds is 7. The lowest BCUT2D eigenvalue weighted by atomic mass is 10.3. The fraction of sp³-hybridized carbons (Fsp3) is 0.385. The fourth-order valence-corrected chi connectivity index (χ4v) is 2.51. The number of methoxy groups -OCH3 is 1. The molecular weight excluding hydrogens is 281 g/mol. The van der Waals surface area contributed by atoms with Gasteiger partial charge in [-0.05, 0) is 12.1 Å². The molecule has 7 heteroatoms. The van der Waals surface area contributed by atoms with Crippen LogP contribution in [0, 0.1) is 5.82 Å². The SMILES string of the molecule is COCCNC(=O)CCNc1nc2cc(F)ccc2s1. The fourth-order valence-electron chi connectivity index (χ4n) is 1.64. The Kier molecular flexibility index (Phi) is 5.25. The van der Waals surface area contributed by atoms with Gasteiger partial charge in [0.05, 0.1) is 16.8 Å². The highest BCUT2D eigenvalue weighted by atomic mass is 32.1. The maximum atomic E-state index is 13.0. The zero-order valence-corrected chi connectivity index (χ0v) is 11.9. The number of anilines is 1. The second kappa shape index (κ2) is 7.16. The Morgan fingerprint density at radius 1 is 1.45 bits per heavy atom. The van der Waals surface area contributed by atoms with Gasteiger partial charge in [-0.1, -0.05) is 11.3 Å². The largest absolute Gasteiger partial charge is 0.383 e. The molecule has 20 heavy (non-hydrogen) atoms. The van der Waals surface area contributed by atoms with Crippen molar-refractivity contribution in [2.75, 3.05) is 32.1 Å². The molecule has 0 aliphatic heterocycles. The summed E-state index contributed by atoms with van der Waals surface area (Å²) in [6, 6.07) is 4.51. The summed E-state index contributed by atoms with van der Waals surface area (Å²) in [6.45, 7) is 1.50. The van der Waals surface area contributed by atoms with E-state index in [1.165, 1.54) is 23.5 Å². The molecule has 0 atom stereocenters. The second-order valence-corrected chi connectivity index (χ2v) is 5.18. The predicted octanol–water partition coefficient (Wildman–Crippen LogP) is 2.00. The molecule has 0 radical (unpaired) electrons. The average molecular weight is 297 g/mol. The standard InChI is InChI=1S/C13H16FN3O2S/c1-19-7-6-15-12(18)4-5-16-13-17-10-8-9(14)2-3-11(10)20-13/h2-3,8H,4-7H2,1H3,(H,15,18)(H,16,17). The van der Waals surface area contributed by atoms with Crippen molar-refractivity contribution in [2.45, 2.75) is 6.42 Å². The van der Waals surface area contributed by atoms with Crippen LogP contribution in [-0.2, 0) is 9.53 Å². The number of halogens is 1. The van der Waals surface area contributed by atoms with Gasteiger partial charge in [-0.2, -0.15) is 0 Å². The first kappa shape index (κ1) is 14.7. The smallest absolute Gasteiger partial charge is 0.221 e. The number of carbonyl (C=O) groups excluding carboxylic acids is 1. The first-order valence-corrected chi connectivity index (χ1v) is 7.06. The Morgan fingerprint density at radius 3 is 3.10 bits per heavy atom. The molecule has 1 amide bonds. The number of ether oxygens (including phenoxy) is 1. The van der Waals surface area contributed by atoms with Crippen LogP contribution in [0.5, 0.6) is 0 Å². The number of thiazole rings is 1. The summed E-state index contributed by atoms with van der Waals surface area (Å²) in [5, 5.41) is 6.49. The molecule has 1 aromatic carbocycles. The minimum atomic E-state index is -0.299. The van der Waals surface area contributed by atoms with E-state index in [9.17, 15) is 9.18 Å². The monoisotopic (exact) mass is 297 g/mol. The highest BCUT2D eigenvalue weighted by Gasteiger charge is 2.05. The number of benzene rings is 1. The van der Waals surface area contributed by atoms with Gasteiger partial charge in [0.2, 0.25) is 5.91 Å². The van der Waals surface area contributed by atoms with E-state index < -0.39 is 0 Å². The number of amides is 1. The third kappa shape index (κ3) is 4.14. The van der Waals surface area contributed by atoms with Crippen LogP contribution < -0.4 is 10.6 Å². The summed E-state index contributed by atoms with van der Waals surface area (Å²) in [5.41, 5.74) is 0.627. The van der Waals surface area contributed by atoms with Crippen molar-refractivity contribution < 1.29 is 13.9 Å². The Bertz CT molecular complexity index is 588. The van der Waals surface area contributed by atoms with E-state index in [-0.39, 0.29) is 11.7 Å². The Balaban J connectivity index is 1.79. The van der Waals surface area contributed by atoms with E-state index in [0.717, 1.165) is 4.70 Å². The summed E-state index contributed by atoms with van der Waals surface area (Å²) in [6.07, 6.45) is 0.355. The molecule has 0 aliphatic carbocycles. The number of carbonyl (C=O) groups is 1. The topological polar surface area (TPSA) is 63.2 Å². The van der Waals surface area contributed by atoms with Gasteiger partial charge in [-0.25, -0.2) is 9.37 Å². The van der Waals surface area contributed by atoms with Gasteiger partial charge in [0.25, 0.3) is 0 Å². The van der Waals surface area contributed by atoms with Gasteiger partial charge in [0, 0.05) is 32.7 Å². The van der Waals surface area contributed by atoms with Crippen molar-refractivity contribution in [3.63, 3.8) is 0 Å². The van der Waals surface area contributed by atoms with Crippen LogP contribution in [-0.4, -0.2) is 37.7 Å². The minimum Gasteiger partial charge on any atom is -0.383 e. The third-order valence-corrected chi connectivity index (χ3v) is 3.60. The number of hydrogen-bond acceptors (Lipinski definition) is 5. The molecule has 108 valence electrons. The molecule has 2 rings (SSSR count). The molecule has 0 spiro atoms. The lowest BCUT2D eigenvalue weighted by molar-refractivity contribution is -0.121. The Hall–Kier alpha value is -1.73. The lowest BCUT2D eigenvalue weighted by Gasteiger charge is -2.04. The molecule has 0 aliphatic rings. The van der Waals surface area contributed by atoms with Crippen LogP contribution in [0.15, 0.2) is 18.2 Å². The van der Waals surface area contributed by atoms with Crippen molar-refractivity contribution in [3.05, 3.63) is 24.0 Å². The third-order valence-electron chi connectivity index (χ3n) is 2.61. The Morgan fingerprint density at radius 2 is 2.30 bits per heavy atom. The van der Waals surface area contributed by atoms with Gasteiger partial charge in [-0.3, -0.25) is 4.79 Å². The van der Waals surface area contributed by atoms with Crippen LogP contribution in [0.1, 0.15) is 6.42 Å². The molecule has 1 aromatic heterocycles. The van der Waals surface area contributed by atoms with Crippen molar-refractivity contribution in [1.29, 1.82) is 0 Å². The summed E-state index contributed by atoms with van der Waals surface area (Å²) in [4.78, 5) is 15.7. The summed E-state index contributed by atoms with van der Waals surface area (Å²) >= 11 is 1.44. The van der Waals surface area contributed by atoms with Crippen molar-refractivity contribution >= 4 is 32.6 Å². The van der Waals surface area contributed by atoms with E-state index in [2.05, 4.69) is 15.6 Å². The molecule has 0 unspecified atom stereocenters. The normalized spacial score (nSPS) is 10.7. The van der Waals surface area contributed by atoms with Crippen molar-refractivity contribution in [2.24, 2.45) is 0 Å². The van der Waals surface area contributed by atoms with E-state index in [1.807, 2.05) is 0 Å². The zero-order valence-electron chi connectivity index (χ0n) is 11.1. The molecular formula is C13H16FN3O2S. The number of fused-ring (bicyclic) bond motifs is 1. The first-order valence-electron chi connectivity index (χ1n) is 6.24. The summed E-state index contributed by atoms with van der Waals surface area (Å²) < 4.78 is 18.8. The van der Waals surface area contributed by atoms with Crippen LogP contribution in [0.3, 0.4) is 0 Å². The maximum absolute atomic E-state index is 13.0. The molecule has 2 N–H and O–H groups in total. The van der Waals surface area contributed by atoms with Gasteiger partial charge < -0.3 is 15.4 Å². The summed E-state index contributed by atoms with van der Waals surface area (Å²) in [7, 11) is 1.59. The van der Waals surface area contributed by atoms with Gasteiger partial charge in [0.1, 0.15) is 5.82 Å². The molecule has 0 saturated carbocycles. The molecule has 5 nitrogen and oxygen atoms in total. The quantitative estimate of drug-likeness (QED) is 0.767. The van der Waals surface area contributed by atoms with Gasteiger partial charge in [-0.15, -0.1) is 0 Å². The zero-order chi connectivity index (χ0) is 14.4. The molecule has 0 fully saturated rings. The number of nitrogens with zero attached hydrogens (tertiary/aromatic N) is 1. The highest BCUT2D eigenvalue weighted by molar-refractivity contribution is 7.22. The Labute approximate surface area is 120 Å². The maximum Gasteiger partial charge on any atom is 0.221 e. The first-order chi connectivity index (χ1) is 9.69. The van der Waals surface area contributed by atoms with Crippen LogP contribution >= 0.6 is 11.3 Å². The van der Waals surface area contributed by atoms with Crippen LogP contribution in [0.25, 0.3) is 10.2 Å².